The van der Waals surface area contributed by atoms with Gasteiger partial charge in [-0.15, -0.1) is 0 Å². The number of nitrogen functional groups attached to an aromatic ring is 1. The van der Waals surface area contributed by atoms with Gasteiger partial charge in [0.25, 0.3) is 0 Å². The average Bonchev–Trinajstić information content (AvgIpc) is 2.42. The molecule has 6 heteroatoms. The normalized spacial score (nSPS) is 11.2. The van der Waals surface area contributed by atoms with E-state index >= 15 is 0 Å². The first-order valence-electron chi connectivity index (χ1n) is 6.27. The van der Waals surface area contributed by atoms with E-state index in [0.717, 1.165) is 6.07 Å². The summed E-state index contributed by atoms with van der Waals surface area (Å²) < 4.78 is 49.4. The zero-order chi connectivity index (χ0) is 15.5. The summed E-state index contributed by atoms with van der Waals surface area (Å²) >= 11 is 0. The minimum Gasteiger partial charge on any atom is -0.494 e. The monoisotopic (exact) mass is 297 g/mol. The smallest absolute Gasteiger partial charge is 0.420 e. The van der Waals surface area contributed by atoms with Crippen LogP contribution >= 0.6 is 0 Å². The molecule has 0 fully saturated rings. The number of nitrogens with two attached hydrogens (primary N) is 1. The van der Waals surface area contributed by atoms with E-state index in [1.54, 1.807) is 24.3 Å². The van der Waals surface area contributed by atoms with Gasteiger partial charge in [-0.3, -0.25) is 0 Å². The fourth-order valence-electron chi connectivity index (χ4n) is 1.76. The molecule has 3 nitrogen and oxygen atoms in total. The van der Waals surface area contributed by atoms with Crippen molar-refractivity contribution in [2.75, 3.05) is 12.3 Å². The number of anilines is 1. The second-order valence-corrected chi connectivity index (χ2v) is 4.26. The first kappa shape index (κ1) is 15.0. The lowest BCUT2D eigenvalue weighted by Gasteiger charge is -2.14. The Hall–Kier alpha value is -2.37. The molecule has 0 unspecified atom stereocenters. The Morgan fingerprint density at radius 3 is 2.19 bits per heavy atom. The molecule has 21 heavy (non-hydrogen) atoms. The summed E-state index contributed by atoms with van der Waals surface area (Å²) in [5, 5.41) is 0. The lowest BCUT2D eigenvalue weighted by atomic mass is 10.1. The maximum atomic E-state index is 12.9. The number of rotatable bonds is 4. The predicted octanol–water partition coefficient (Wildman–Crippen LogP) is 4.48. The van der Waals surface area contributed by atoms with Crippen molar-refractivity contribution in [2.45, 2.75) is 13.1 Å². The predicted molar refractivity (Wildman–Crippen MR) is 73.5 cm³/mol. The number of halogens is 3. The highest BCUT2D eigenvalue weighted by Crippen LogP contribution is 2.39. The Morgan fingerprint density at radius 2 is 1.62 bits per heavy atom. The van der Waals surface area contributed by atoms with Crippen LogP contribution in [0.1, 0.15) is 12.5 Å². The van der Waals surface area contributed by atoms with Gasteiger partial charge in [-0.2, -0.15) is 13.2 Å². The van der Waals surface area contributed by atoms with Crippen molar-refractivity contribution in [1.29, 1.82) is 0 Å². The van der Waals surface area contributed by atoms with E-state index in [4.69, 9.17) is 15.2 Å². The third kappa shape index (κ3) is 3.81. The van der Waals surface area contributed by atoms with Crippen LogP contribution in [0, 0.1) is 0 Å². The Bertz CT molecular complexity index is 609. The van der Waals surface area contributed by atoms with Gasteiger partial charge in [-0.1, -0.05) is 0 Å². The molecule has 0 saturated heterocycles. The molecule has 0 aromatic heterocycles. The summed E-state index contributed by atoms with van der Waals surface area (Å²) in [7, 11) is 0. The number of hydrogen-bond donors (Lipinski definition) is 1. The van der Waals surface area contributed by atoms with Crippen LogP contribution < -0.4 is 15.2 Å². The summed E-state index contributed by atoms with van der Waals surface area (Å²) in [5.41, 5.74) is 4.52. The lowest BCUT2D eigenvalue weighted by Crippen LogP contribution is -2.08. The van der Waals surface area contributed by atoms with Crippen LogP contribution in [-0.2, 0) is 6.18 Å². The van der Waals surface area contributed by atoms with Gasteiger partial charge in [0.1, 0.15) is 22.8 Å². The van der Waals surface area contributed by atoms with Crippen LogP contribution in [-0.4, -0.2) is 6.61 Å². The molecule has 0 aliphatic rings. The van der Waals surface area contributed by atoms with E-state index in [9.17, 15) is 13.2 Å². The molecule has 2 aromatic rings. The molecule has 0 aliphatic heterocycles. The van der Waals surface area contributed by atoms with Gasteiger partial charge in [0.15, 0.2) is 0 Å². The fourth-order valence-corrected chi connectivity index (χ4v) is 1.76. The van der Waals surface area contributed by atoms with E-state index in [0.29, 0.717) is 12.4 Å². The van der Waals surface area contributed by atoms with Gasteiger partial charge >= 0.3 is 6.18 Å². The van der Waals surface area contributed by atoms with E-state index in [2.05, 4.69) is 0 Å². The molecular weight excluding hydrogens is 283 g/mol. The zero-order valence-electron chi connectivity index (χ0n) is 11.3. The van der Waals surface area contributed by atoms with Crippen LogP contribution in [0.5, 0.6) is 17.2 Å². The molecule has 112 valence electrons. The molecule has 0 amide bonds. The van der Waals surface area contributed by atoms with Crippen LogP contribution in [0.4, 0.5) is 18.9 Å². The van der Waals surface area contributed by atoms with E-state index in [1.165, 1.54) is 12.1 Å². The lowest BCUT2D eigenvalue weighted by molar-refractivity contribution is -0.138. The first-order valence-corrected chi connectivity index (χ1v) is 6.27. The van der Waals surface area contributed by atoms with Crippen molar-refractivity contribution in [3.8, 4) is 17.2 Å². The highest BCUT2D eigenvalue weighted by Gasteiger charge is 2.34. The second kappa shape index (κ2) is 5.95. The summed E-state index contributed by atoms with van der Waals surface area (Å²) in [6.45, 7) is 2.35. The van der Waals surface area contributed by atoms with Crippen molar-refractivity contribution >= 4 is 5.69 Å². The number of ether oxygens (including phenoxy) is 2. The van der Waals surface area contributed by atoms with Crippen molar-refractivity contribution in [1.82, 2.24) is 0 Å². The molecule has 0 radical (unpaired) electrons. The number of alkyl halides is 3. The molecule has 0 bridgehead atoms. The Labute approximate surface area is 120 Å². The van der Waals surface area contributed by atoms with Crippen LogP contribution in [0.3, 0.4) is 0 Å². The molecule has 2 rings (SSSR count). The molecule has 0 atom stereocenters. The van der Waals surface area contributed by atoms with Gasteiger partial charge in [0.05, 0.1) is 6.61 Å². The van der Waals surface area contributed by atoms with Crippen LogP contribution in [0.15, 0.2) is 42.5 Å². The van der Waals surface area contributed by atoms with Gasteiger partial charge in [0, 0.05) is 5.69 Å². The van der Waals surface area contributed by atoms with E-state index in [1.807, 2.05) is 6.92 Å². The van der Waals surface area contributed by atoms with Crippen molar-refractivity contribution < 1.29 is 22.6 Å². The van der Waals surface area contributed by atoms with Crippen molar-refractivity contribution in [2.24, 2.45) is 0 Å². The van der Waals surface area contributed by atoms with E-state index in [-0.39, 0.29) is 17.2 Å². The molecular formula is C15H14F3NO2. The maximum Gasteiger partial charge on any atom is 0.420 e. The molecule has 0 spiro atoms. The zero-order valence-corrected chi connectivity index (χ0v) is 11.3. The highest BCUT2D eigenvalue weighted by molar-refractivity contribution is 5.50. The van der Waals surface area contributed by atoms with Crippen molar-refractivity contribution in [3.63, 3.8) is 0 Å². The van der Waals surface area contributed by atoms with E-state index < -0.39 is 11.7 Å². The molecule has 2 aromatic carbocycles. The van der Waals surface area contributed by atoms with Crippen LogP contribution in [0.25, 0.3) is 0 Å². The molecule has 2 N–H and O–H groups in total. The average molecular weight is 297 g/mol. The Balaban J connectivity index is 2.27. The fraction of sp³-hybridized carbons (Fsp3) is 0.200. The SMILES string of the molecule is CCOc1ccc(Oc2ccc(N)cc2C(F)(F)F)cc1. The standard InChI is InChI=1S/C15H14F3NO2/c1-2-20-11-4-6-12(7-5-11)21-14-8-3-10(19)9-13(14)15(16,17)18/h3-9H,2,19H2,1H3. The summed E-state index contributed by atoms with van der Waals surface area (Å²) in [4.78, 5) is 0. The summed E-state index contributed by atoms with van der Waals surface area (Å²) in [6, 6.07) is 9.76. The summed E-state index contributed by atoms with van der Waals surface area (Å²) in [5.74, 6) is 0.618. The Morgan fingerprint density at radius 1 is 1.00 bits per heavy atom. The number of hydrogen-bond acceptors (Lipinski definition) is 3. The van der Waals surface area contributed by atoms with Gasteiger partial charge < -0.3 is 15.2 Å². The third-order valence-electron chi connectivity index (χ3n) is 2.67. The molecule has 0 heterocycles. The topological polar surface area (TPSA) is 44.5 Å². The Kier molecular flexibility index (Phi) is 4.26. The largest absolute Gasteiger partial charge is 0.494 e. The quantitative estimate of drug-likeness (QED) is 0.846. The number of benzene rings is 2. The van der Waals surface area contributed by atoms with Crippen molar-refractivity contribution in [3.05, 3.63) is 48.0 Å². The van der Waals surface area contributed by atoms with Gasteiger partial charge in [-0.05, 0) is 49.4 Å². The minimum absolute atomic E-state index is 0.0290. The summed E-state index contributed by atoms with van der Waals surface area (Å²) in [6.07, 6.45) is -4.53. The minimum atomic E-state index is -4.53. The highest BCUT2D eigenvalue weighted by atomic mass is 19.4. The molecule has 0 saturated carbocycles. The van der Waals surface area contributed by atoms with Gasteiger partial charge in [-0.25, -0.2) is 0 Å². The maximum absolute atomic E-state index is 12.9. The first-order chi connectivity index (χ1) is 9.90. The van der Waals surface area contributed by atoms with Gasteiger partial charge in [0.2, 0.25) is 0 Å². The molecule has 0 aliphatic carbocycles. The van der Waals surface area contributed by atoms with Crippen LogP contribution in [0.2, 0.25) is 0 Å². The second-order valence-electron chi connectivity index (χ2n) is 4.26. The third-order valence-corrected chi connectivity index (χ3v) is 2.67.